The summed E-state index contributed by atoms with van der Waals surface area (Å²) in [4.78, 5) is 19.6. The third-order valence-electron chi connectivity index (χ3n) is 3.82. The molecule has 1 N–H and O–H groups in total. The van der Waals surface area contributed by atoms with E-state index in [-0.39, 0.29) is 18.1 Å². The lowest BCUT2D eigenvalue weighted by atomic mass is 10.1. The lowest BCUT2D eigenvalue weighted by molar-refractivity contribution is 0.0718. The number of fused-ring (bicyclic) bond motifs is 1. The molecule has 1 aromatic carbocycles. The quantitative estimate of drug-likeness (QED) is 0.880. The largest absolute Gasteiger partial charge is 0.388 e. The number of nitrogens with one attached hydrogen (secondary N) is 1. The number of carbonyl (C=O) groups excluding carboxylic acids is 1. The minimum atomic E-state index is -0.386. The molecule has 0 bridgehead atoms. The van der Waals surface area contributed by atoms with Crippen LogP contribution in [0.2, 0.25) is 0 Å². The molecule has 0 spiro atoms. The Bertz CT molecular complexity index is 667. The zero-order valence-electron chi connectivity index (χ0n) is 12.4. The van der Waals surface area contributed by atoms with Gasteiger partial charge in [0.05, 0.1) is 17.4 Å². The summed E-state index contributed by atoms with van der Waals surface area (Å²) >= 11 is 0. The van der Waals surface area contributed by atoms with Gasteiger partial charge in [0.2, 0.25) is 0 Å². The van der Waals surface area contributed by atoms with Crippen molar-refractivity contribution in [2.24, 2.45) is 0 Å². The molecule has 1 aromatic heterocycles. The first-order valence-electron chi connectivity index (χ1n) is 6.97. The molecule has 2 aromatic rings. The third-order valence-corrected chi connectivity index (χ3v) is 3.82. The van der Waals surface area contributed by atoms with E-state index in [9.17, 15) is 4.79 Å². The van der Waals surface area contributed by atoms with Crippen LogP contribution < -0.4 is 4.74 Å². The fraction of sp³-hybridized carbons (Fsp3) is 0.375. The average Bonchev–Trinajstić information content (AvgIpc) is 2.95. The third kappa shape index (κ3) is 2.69. The van der Waals surface area contributed by atoms with Crippen LogP contribution in [0.1, 0.15) is 32.9 Å². The second-order valence-electron chi connectivity index (χ2n) is 5.44. The zero-order valence-corrected chi connectivity index (χ0v) is 12.4. The van der Waals surface area contributed by atoms with Crippen molar-refractivity contribution >= 4 is 5.97 Å². The fourth-order valence-corrected chi connectivity index (χ4v) is 2.67. The molecule has 1 unspecified atom stereocenters. The molecule has 1 aliphatic rings. The van der Waals surface area contributed by atoms with Crippen molar-refractivity contribution in [3.63, 3.8) is 0 Å². The number of methoxy groups -OCH3 is 1. The molecule has 0 radical (unpaired) electrons. The summed E-state index contributed by atoms with van der Waals surface area (Å²) in [5.41, 5.74) is 4.49. The Balaban J connectivity index is 1.74. The fourth-order valence-electron chi connectivity index (χ4n) is 2.67. The van der Waals surface area contributed by atoms with Gasteiger partial charge in [-0.1, -0.05) is 17.7 Å². The molecule has 5 nitrogen and oxygen atoms in total. The van der Waals surface area contributed by atoms with Gasteiger partial charge in [-0.25, -0.2) is 4.79 Å². The van der Waals surface area contributed by atoms with Crippen LogP contribution in [-0.4, -0.2) is 29.2 Å². The predicted molar refractivity (Wildman–Crippen MR) is 77.7 cm³/mol. The molecule has 5 heteroatoms. The lowest BCUT2D eigenvalue weighted by Crippen LogP contribution is -2.13. The Morgan fingerprint density at radius 3 is 2.81 bits per heavy atom. The number of aromatic nitrogens is 2. The second-order valence-corrected chi connectivity index (χ2v) is 5.44. The Labute approximate surface area is 123 Å². The van der Waals surface area contributed by atoms with Gasteiger partial charge in [0, 0.05) is 25.6 Å². The smallest absolute Gasteiger partial charge is 0.346 e. The van der Waals surface area contributed by atoms with Crippen molar-refractivity contribution in [2.75, 3.05) is 7.11 Å². The van der Waals surface area contributed by atoms with Gasteiger partial charge in [-0.05, 0) is 25.5 Å². The van der Waals surface area contributed by atoms with Gasteiger partial charge in [-0.15, -0.1) is 0 Å². The Morgan fingerprint density at radius 2 is 2.14 bits per heavy atom. The van der Waals surface area contributed by atoms with E-state index in [4.69, 9.17) is 9.47 Å². The minimum absolute atomic E-state index is 0.169. The highest BCUT2D eigenvalue weighted by Crippen LogP contribution is 2.24. The number of H-pyrrole nitrogens is 1. The topological polar surface area (TPSA) is 64.2 Å². The number of aryl methyl sites for hydroxylation is 2. The van der Waals surface area contributed by atoms with Crippen molar-refractivity contribution in [1.82, 2.24) is 9.97 Å². The Morgan fingerprint density at radius 1 is 1.33 bits per heavy atom. The summed E-state index contributed by atoms with van der Waals surface area (Å²) in [5.74, 6) is -0.386. The molecule has 1 heterocycles. The lowest BCUT2D eigenvalue weighted by Gasteiger charge is -2.07. The molecule has 0 amide bonds. The van der Waals surface area contributed by atoms with E-state index in [1.165, 1.54) is 0 Å². The highest BCUT2D eigenvalue weighted by atomic mass is 16.5. The van der Waals surface area contributed by atoms with E-state index < -0.39 is 0 Å². The number of nitrogens with zero attached hydrogens (tertiary/aromatic N) is 1. The molecule has 0 aliphatic heterocycles. The van der Waals surface area contributed by atoms with Gasteiger partial charge in [-0.2, -0.15) is 4.98 Å². The van der Waals surface area contributed by atoms with E-state index in [0.717, 1.165) is 35.4 Å². The molecule has 0 saturated heterocycles. The molecule has 3 rings (SSSR count). The first kappa shape index (κ1) is 13.8. The second kappa shape index (κ2) is 5.33. The normalized spacial score (nSPS) is 14.2. The molecule has 0 saturated carbocycles. The number of rotatable bonds is 3. The summed E-state index contributed by atoms with van der Waals surface area (Å²) in [7, 11) is 1.69. The van der Waals surface area contributed by atoms with Gasteiger partial charge in [0.1, 0.15) is 0 Å². The zero-order chi connectivity index (χ0) is 15.0. The maximum atomic E-state index is 12.2. The summed E-state index contributed by atoms with van der Waals surface area (Å²) < 4.78 is 10.6. The number of esters is 1. The van der Waals surface area contributed by atoms with Crippen LogP contribution >= 0.6 is 0 Å². The van der Waals surface area contributed by atoms with Crippen LogP contribution in [0.25, 0.3) is 0 Å². The van der Waals surface area contributed by atoms with Gasteiger partial charge >= 0.3 is 12.0 Å². The van der Waals surface area contributed by atoms with Gasteiger partial charge in [0.15, 0.2) is 0 Å². The van der Waals surface area contributed by atoms with E-state index in [0.29, 0.717) is 5.56 Å². The number of ether oxygens (including phenoxy) is 2. The van der Waals surface area contributed by atoms with Crippen LogP contribution in [-0.2, 0) is 17.6 Å². The first-order valence-corrected chi connectivity index (χ1v) is 6.97. The van der Waals surface area contributed by atoms with Crippen LogP contribution in [0, 0.1) is 13.8 Å². The summed E-state index contributed by atoms with van der Waals surface area (Å²) in [5, 5.41) is 0. The van der Waals surface area contributed by atoms with E-state index >= 15 is 0 Å². The van der Waals surface area contributed by atoms with Gasteiger partial charge in [0.25, 0.3) is 0 Å². The van der Waals surface area contributed by atoms with Crippen molar-refractivity contribution < 1.29 is 14.3 Å². The number of imidazole rings is 1. The van der Waals surface area contributed by atoms with Crippen molar-refractivity contribution in [1.29, 1.82) is 0 Å². The average molecular weight is 286 g/mol. The molecule has 21 heavy (non-hydrogen) atoms. The monoisotopic (exact) mass is 286 g/mol. The van der Waals surface area contributed by atoms with Crippen molar-refractivity contribution in [3.8, 4) is 6.01 Å². The van der Waals surface area contributed by atoms with E-state index in [1.54, 1.807) is 13.2 Å². The molecular formula is C16H18N2O3. The summed E-state index contributed by atoms with van der Waals surface area (Å²) in [6.45, 7) is 3.89. The number of benzene rings is 1. The van der Waals surface area contributed by atoms with Crippen LogP contribution in [0.15, 0.2) is 18.2 Å². The summed E-state index contributed by atoms with van der Waals surface area (Å²) in [6.07, 6.45) is 1.70. The van der Waals surface area contributed by atoms with Gasteiger partial charge < -0.3 is 14.5 Å². The number of hydrogen-bond donors (Lipinski definition) is 1. The standard InChI is InChI=1S/C16H18N2O3/c1-9-4-5-12(10(2)6-9)15(19)21-16-17-13-7-11(20-3)8-14(13)18-16/h4-6,11H,7-8H2,1-3H3,(H,17,18). The number of hydrogen-bond acceptors (Lipinski definition) is 4. The van der Waals surface area contributed by atoms with Gasteiger partial charge in [-0.3, -0.25) is 0 Å². The Hall–Kier alpha value is -2.14. The van der Waals surface area contributed by atoms with Crippen LogP contribution in [0.4, 0.5) is 0 Å². The predicted octanol–water partition coefficient (Wildman–Crippen LogP) is 2.36. The molecule has 1 aliphatic carbocycles. The minimum Gasteiger partial charge on any atom is -0.388 e. The van der Waals surface area contributed by atoms with Crippen LogP contribution in [0.3, 0.4) is 0 Å². The van der Waals surface area contributed by atoms with Crippen molar-refractivity contribution in [2.45, 2.75) is 32.8 Å². The van der Waals surface area contributed by atoms with Crippen LogP contribution in [0.5, 0.6) is 6.01 Å². The highest BCUT2D eigenvalue weighted by Gasteiger charge is 2.26. The SMILES string of the molecule is COC1Cc2nc(OC(=O)c3ccc(C)cc3C)[nH]c2C1. The highest BCUT2D eigenvalue weighted by molar-refractivity contribution is 5.92. The summed E-state index contributed by atoms with van der Waals surface area (Å²) in [6, 6.07) is 5.90. The molecule has 1 atom stereocenters. The molecule has 0 fully saturated rings. The Kier molecular flexibility index (Phi) is 3.51. The van der Waals surface area contributed by atoms with Crippen molar-refractivity contribution in [3.05, 3.63) is 46.3 Å². The number of carbonyl (C=O) groups is 1. The van der Waals surface area contributed by atoms with E-state index in [1.807, 2.05) is 26.0 Å². The maximum absolute atomic E-state index is 12.2. The number of aromatic amines is 1. The molecule has 110 valence electrons. The first-order chi connectivity index (χ1) is 10.1. The molecular weight excluding hydrogens is 268 g/mol. The maximum Gasteiger partial charge on any atom is 0.346 e. The van der Waals surface area contributed by atoms with E-state index in [2.05, 4.69) is 9.97 Å².